The molecule has 0 saturated carbocycles. The zero-order chi connectivity index (χ0) is 34.0. The van der Waals surface area contributed by atoms with Crippen LogP contribution in [-0.2, 0) is 16.2 Å². The number of nitrogens with one attached hydrogen (secondary N) is 2. The van der Waals surface area contributed by atoms with Crippen molar-refractivity contribution >= 4 is 74.2 Å². The second-order valence-electron chi connectivity index (χ2n) is 10.6. The summed E-state index contributed by atoms with van der Waals surface area (Å²) in [5.74, 6) is 2.17. The van der Waals surface area contributed by atoms with Crippen molar-refractivity contribution in [2.24, 2.45) is 0 Å². The van der Waals surface area contributed by atoms with Crippen molar-refractivity contribution < 1.29 is 19.1 Å². The van der Waals surface area contributed by atoms with Gasteiger partial charge in [0.05, 0.1) is 28.3 Å². The summed E-state index contributed by atoms with van der Waals surface area (Å²) in [4.78, 5) is 30.0. The minimum Gasteiger partial charge on any atom is -0.492 e. The first kappa shape index (κ1) is 34.3. The highest BCUT2D eigenvalue weighted by molar-refractivity contribution is 8.01. The molecule has 2 heterocycles. The number of ether oxygens (including phenoxy) is 2. The van der Waals surface area contributed by atoms with Crippen molar-refractivity contribution in [1.82, 2.24) is 25.1 Å². The predicted molar refractivity (Wildman–Crippen MR) is 197 cm³/mol. The van der Waals surface area contributed by atoms with E-state index in [1.807, 2.05) is 84.3 Å². The highest BCUT2D eigenvalue weighted by Gasteiger charge is 2.17. The Hall–Kier alpha value is -4.56. The summed E-state index contributed by atoms with van der Waals surface area (Å²) < 4.78 is 15.3. The van der Waals surface area contributed by atoms with Gasteiger partial charge in [-0.25, -0.2) is 4.98 Å². The monoisotopic (exact) mass is 730 g/mol. The normalized spacial score (nSPS) is 11.0. The molecule has 0 radical (unpaired) electrons. The lowest BCUT2D eigenvalue weighted by atomic mass is 10.2. The molecule has 6 rings (SSSR count). The number of carbonyl (C=O) groups is 2. The number of fused-ring (bicyclic) bond motifs is 1. The molecule has 10 nitrogen and oxygen atoms in total. The van der Waals surface area contributed by atoms with Crippen LogP contribution in [0.2, 0.25) is 5.02 Å². The smallest absolute Gasteiger partial charge is 0.234 e. The number of rotatable bonds is 15. The molecule has 2 N–H and O–H groups in total. The molecule has 0 aliphatic carbocycles. The first-order chi connectivity index (χ1) is 23.9. The Bertz CT molecular complexity index is 2040. The van der Waals surface area contributed by atoms with Gasteiger partial charge in [0.1, 0.15) is 24.7 Å². The topological polar surface area (TPSA) is 120 Å². The number of thiazole rings is 1. The van der Waals surface area contributed by atoms with Crippen molar-refractivity contribution in [3.63, 3.8) is 0 Å². The minimum absolute atomic E-state index is 0.108. The lowest BCUT2D eigenvalue weighted by Gasteiger charge is -2.12. The number of thioether (sulfide) groups is 2. The Morgan fingerprint density at radius 2 is 1.65 bits per heavy atom. The van der Waals surface area contributed by atoms with E-state index in [-0.39, 0.29) is 29.9 Å². The predicted octanol–water partition coefficient (Wildman–Crippen LogP) is 7.44. The number of aryl methyl sites for hydroxylation is 1. The van der Waals surface area contributed by atoms with Crippen LogP contribution in [0.3, 0.4) is 0 Å². The molecule has 4 aromatic carbocycles. The molecule has 0 aliphatic heterocycles. The van der Waals surface area contributed by atoms with E-state index >= 15 is 0 Å². The fourth-order valence-electron chi connectivity index (χ4n) is 4.62. The van der Waals surface area contributed by atoms with Crippen molar-refractivity contribution in [3.05, 3.63) is 113 Å². The number of halogens is 1. The second-order valence-corrected chi connectivity index (χ2v) is 14.2. The van der Waals surface area contributed by atoms with Crippen molar-refractivity contribution in [2.75, 3.05) is 30.0 Å². The number of para-hydroxylation sites is 2. The number of hydrogen-bond donors (Lipinski definition) is 2. The van der Waals surface area contributed by atoms with Gasteiger partial charge in [-0.15, -0.1) is 21.5 Å². The van der Waals surface area contributed by atoms with Gasteiger partial charge in [0.15, 0.2) is 15.3 Å². The molecule has 0 bridgehead atoms. The Morgan fingerprint density at radius 3 is 2.47 bits per heavy atom. The van der Waals surface area contributed by atoms with E-state index in [0.29, 0.717) is 40.6 Å². The van der Waals surface area contributed by atoms with Crippen LogP contribution in [-0.4, -0.2) is 56.2 Å². The van der Waals surface area contributed by atoms with Gasteiger partial charge in [-0.2, -0.15) is 0 Å². The van der Waals surface area contributed by atoms with Crippen LogP contribution >= 0.6 is 46.5 Å². The number of hydrogen-bond acceptors (Lipinski definition) is 10. The Labute approximate surface area is 300 Å². The zero-order valence-corrected chi connectivity index (χ0v) is 29.5. The van der Waals surface area contributed by atoms with E-state index in [1.54, 1.807) is 24.3 Å². The maximum Gasteiger partial charge on any atom is 0.234 e. The number of amides is 2. The fourth-order valence-corrected chi connectivity index (χ4v) is 7.46. The third-order valence-electron chi connectivity index (χ3n) is 6.98. The molecule has 0 spiro atoms. The van der Waals surface area contributed by atoms with Gasteiger partial charge in [-0.05, 0) is 73.2 Å². The number of benzene rings is 4. The third kappa shape index (κ3) is 9.54. The first-order valence-electron chi connectivity index (χ1n) is 15.2. The largest absolute Gasteiger partial charge is 0.492 e. The first-order valence-corrected chi connectivity index (χ1v) is 18.4. The van der Waals surface area contributed by atoms with Crippen LogP contribution in [0.4, 0.5) is 5.69 Å². The second kappa shape index (κ2) is 16.7. The van der Waals surface area contributed by atoms with E-state index in [4.69, 9.17) is 21.1 Å². The lowest BCUT2D eigenvalue weighted by Crippen LogP contribution is -2.29. The number of anilines is 1. The summed E-state index contributed by atoms with van der Waals surface area (Å²) in [5.41, 5.74) is 3.37. The highest BCUT2D eigenvalue weighted by atomic mass is 35.5. The van der Waals surface area contributed by atoms with Gasteiger partial charge < -0.3 is 20.1 Å². The Kier molecular flexibility index (Phi) is 11.7. The van der Waals surface area contributed by atoms with Crippen LogP contribution in [0.5, 0.6) is 11.5 Å². The maximum atomic E-state index is 13.0. The maximum absolute atomic E-state index is 13.0. The standard InChI is InChI=1S/C35H31ClN6O4S3/c1-23-7-5-6-10-29(23)46-20-31-40-41-34(42(31)26-8-3-2-4-9-26)47-22-33(44)38-25-13-16-28-30(19-25)49-35(39-28)48-21-32(43)37-17-18-45-27-14-11-24(36)12-15-27/h2-16,19H,17-18,20-22H2,1H3,(H,37,43)(H,38,44). The quantitative estimate of drug-likeness (QED) is 0.0821. The molecule has 2 amide bonds. The van der Waals surface area contributed by atoms with Crippen LogP contribution in [0.15, 0.2) is 107 Å². The van der Waals surface area contributed by atoms with E-state index in [0.717, 1.165) is 31.6 Å². The molecule has 0 unspecified atom stereocenters. The SMILES string of the molecule is Cc1ccccc1OCc1nnc(SCC(=O)Nc2ccc3nc(SCC(=O)NCCOc4ccc(Cl)cc4)sc3c2)n1-c1ccccc1. The summed E-state index contributed by atoms with van der Waals surface area (Å²) in [6.07, 6.45) is 0. The molecule has 0 fully saturated rings. The molecule has 0 atom stereocenters. The van der Waals surface area contributed by atoms with Crippen LogP contribution in [0.25, 0.3) is 15.9 Å². The fraction of sp³-hybridized carbons (Fsp3) is 0.171. The van der Waals surface area contributed by atoms with Gasteiger partial charge in [-0.1, -0.05) is 71.5 Å². The molecule has 6 aromatic rings. The van der Waals surface area contributed by atoms with Crippen LogP contribution < -0.4 is 20.1 Å². The average molecular weight is 731 g/mol. The van der Waals surface area contributed by atoms with E-state index < -0.39 is 0 Å². The molecular weight excluding hydrogens is 700 g/mol. The van der Waals surface area contributed by atoms with Gasteiger partial charge in [0.2, 0.25) is 11.8 Å². The summed E-state index contributed by atoms with van der Waals surface area (Å²) in [6.45, 7) is 2.95. The van der Waals surface area contributed by atoms with Gasteiger partial charge >= 0.3 is 0 Å². The summed E-state index contributed by atoms with van der Waals surface area (Å²) >= 11 is 10.0. The molecular formula is C35H31ClN6O4S3. The summed E-state index contributed by atoms with van der Waals surface area (Å²) in [6, 6.07) is 30.2. The number of carbonyl (C=O) groups excluding carboxylic acids is 2. The van der Waals surface area contributed by atoms with E-state index in [2.05, 4.69) is 25.8 Å². The molecule has 49 heavy (non-hydrogen) atoms. The lowest BCUT2D eigenvalue weighted by molar-refractivity contribution is -0.118. The molecule has 14 heteroatoms. The van der Waals surface area contributed by atoms with Gasteiger partial charge in [0, 0.05) is 16.4 Å². The van der Waals surface area contributed by atoms with Crippen molar-refractivity contribution in [3.8, 4) is 17.2 Å². The van der Waals surface area contributed by atoms with E-state index in [9.17, 15) is 9.59 Å². The van der Waals surface area contributed by atoms with Crippen molar-refractivity contribution in [2.45, 2.75) is 23.0 Å². The molecule has 2 aromatic heterocycles. The zero-order valence-electron chi connectivity index (χ0n) is 26.3. The van der Waals surface area contributed by atoms with Crippen LogP contribution in [0, 0.1) is 6.92 Å². The average Bonchev–Trinajstić information content (AvgIpc) is 3.72. The molecule has 0 saturated heterocycles. The Balaban J connectivity index is 1.00. The van der Waals surface area contributed by atoms with Gasteiger partial charge in [-0.3, -0.25) is 14.2 Å². The van der Waals surface area contributed by atoms with Crippen LogP contribution in [0.1, 0.15) is 11.4 Å². The number of aromatic nitrogens is 4. The van der Waals surface area contributed by atoms with Gasteiger partial charge in [0.25, 0.3) is 0 Å². The Morgan fingerprint density at radius 1 is 0.878 bits per heavy atom. The summed E-state index contributed by atoms with van der Waals surface area (Å²) in [5, 5.41) is 15.8. The summed E-state index contributed by atoms with van der Waals surface area (Å²) in [7, 11) is 0. The van der Waals surface area contributed by atoms with E-state index in [1.165, 1.54) is 34.9 Å². The minimum atomic E-state index is -0.180. The number of nitrogens with zero attached hydrogens (tertiary/aromatic N) is 4. The van der Waals surface area contributed by atoms with Crippen molar-refractivity contribution in [1.29, 1.82) is 0 Å². The molecule has 0 aliphatic rings. The molecule has 250 valence electrons. The highest BCUT2D eigenvalue weighted by Crippen LogP contribution is 2.31. The third-order valence-corrected chi connectivity index (χ3v) is 10.3.